The van der Waals surface area contributed by atoms with E-state index in [4.69, 9.17) is 0 Å². The first-order valence-corrected chi connectivity index (χ1v) is 5.65. The summed E-state index contributed by atoms with van der Waals surface area (Å²) >= 11 is 0. The highest BCUT2D eigenvalue weighted by molar-refractivity contribution is 4.94. The highest BCUT2D eigenvalue weighted by Gasteiger charge is 2.21. The molecule has 15 heavy (non-hydrogen) atoms. The van der Waals surface area contributed by atoms with Gasteiger partial charge in [-0.1, -0.05) is 0 Å². The lowest BCUT2D eigenvalue weighted by atomic mass is 10.2. The summed E-state index contributed by atoms with van der Waals surface area (Å²) < 4.78 is 1.98. The van der Waals surface area contributed by atoms with Gasteiger partial charge in [-0.3, -0.25) is 4.90 Å². The zero-order chi connectivity index (χ0) is 10.7. The van der Waals surface area contributed by atoms with Crippen LogP contribution in [0.15, 0.2) is 6.33 Å². The lowest BCUT2D eigenvalue weighted by Crippen LogP contribution is -2.45. The van der Waals surface area contributed by atoms with Gasteiger partial charge in [0.15, 0.2) is 0 Å². The van der Waals surface area contributed by atoms with Crippen LogP contribution in [0.25, 0.3) is 0 Å². The Morgan fingerprint density at radius 2 is 2.20 bits per heavy atom. The summed E-state index contributed by atoms with van der Waals surface area (Å²) in [7, 11) is 0. The molecule has 1 aliphatic heterocycles. The second-order valence-electron chi connectivity index (χ2n) is 3.90. The van der Waals surface area contributed by atoms with Crippen molar-refractivity contribution in [3.05, 3.63) is 12.2 Å². The molecule has 0 bridgehead atoms. The number of nitrogens with one attached hydrogen (secondary N) is 1. The number of aromatic nitrogens is 3. The van der Waals surface area contributed by atoms with E-state index in [0.29, 0.717) is 6.04 Å². The van der Waals surface area contributed by atoms with Crippen molar-refractivity contribution < 1.29 is 0 Å². The maximum absolute atomic E-state index is 4.35. The fraction of sp³-hybridized carbons (Fsp3) is 0.800. The SMILES string of the molecule is CCn1ncnc1C(C)N1CCNCC1. The van der Waals surface area contributed by atoms with Crippen LogP contribution in [0, 0.1) is 0 Å². The minimum atomic E-state index is 0.370. The minimum absolute atomic E-state index is 0.370. The summed E-state index contributed by atoms with van der Waals surface area (Å²) in [6, 6.07) is 0.370. The summed E-state index contributed by atoms with van der Waals surface area (Å²) in [6.45, 7) is 9.54. The molecule has 0 spiro atoms. The molecule has 5 nitrogen and oxygen atoms in total. The Hall–Kier alpha value is -0.940. The third kappa shape index (κ3) is 2.18. The quantitative estimate of drug-likeness (QED) is 0.776. The summed E-state index contributed by atoms with van der Waals surface area (Å²) in [5.41, 5.74) is 0. The molecule has 2 heterocycles. The third-order valence-electron chi connectivity index (χ3n) is 3.02. The number of rotatable bonds is 3. The standard InChI is InChI=1S/C10H19N5/c1-3-15-10(12-8-13-15)9(2)14-6-4-11-5-7-14/h8-9,11H,3-7H2,1-2H3. The van der Waals surface area contributed by atoms with E-state index in [-0.39, 0.29) is 0 Å². The second kappa shape index (κ2) is 4.72. The Morgan fingerprint density at radius 3 is 2.87 bits per heavy atom. The van der Waals surface area contributed by atoms with E-state index in [1.54, 1.807) is 6.33 Å². The molecule has 1 aliphatic rings. The molecule has 1 aromatic heterocycles. The van der Waals surface area contributed by atoms with Crippen LogP contribution in [0.1, 0.15) is 25.7 Å². The Morgan fingerprint density at radius 1 is 1.47 bits per heavy atom. The maximum Gasteiger partial charge on any atom is 0.143 e. The lowest BCUT2D eigenvalue weighted by molar-refractivity contribution is 0.175. The fourth-order valence-electron chi connectivity index (χ4n) is 2.07. The molecule has 1 unspecified atom stereocenters. The van der Waals surface area contributed by atoms with Crippen LogP contribution >= 0.6 is 0 Å². The normalized spacial score (nSPS) is 20.4. The average molecular weight is 209 g/mol. The van der Waals surface area contributed by atoms with Gasteiger partial charge in [0.25, 0.3) is 0 Å². The van der Waals surface area contributed by atoms with Gasteiger partial charge in [-0.2, -0.15) is 5.10 Å². The lowest BCUT2D eigenvalue weighted by Gasteiger charge is -2.32. The van der Waals surface area contributed by atoms with Crippen LogP contribution in [0.5, 0.6) is 0 Å². The minimum Gasteiger partial charge on any atom is -0.314 e. The zero-order valence-electron chi connectivity index (χ0n) is 9.48. The third-order valence-corrected chi connectivity index (χ3v) is 3.02. The van der Waals surface area contributed by atoms with Gasteiger partial charge in [0, 0.05) is 32.7 Å². The van der Waals surface area contributed by atoms with E-state index < -0.39 is 0 Å². The topological polar surface area (TPSA) is 46.0 Å². The number of piperazine rings is 1. The Labute approximate surface area is 90.5 Å². The van der Waals surface area contributed by atoms with Gasteiger partial charge in [0.05, 0.1) is 6.04 Å². The van der Waals surface area contributed by atoms with E-state index in [9.17, 15) is 0 Å². The largest absolute Gasteiger partial charge is 0.314 e. The van der Waals surface area contributed by atoms with Gasteiger partial charge in [-0.25, -0.2) is 9.67 Å². The van der Waals surface area contributed by atoms with Gasteiger partial charge in [0.1, 0.15) is 12.2 Å². The summed E-state index contributed by atoms with van der Waals surface area (Å²) in [5.74, 6) is 1.08. The first kappa shape index (κ1) is 10.6. The number of hydrogen-bond acceptors (Lipinski definition) is 4. The summed E-state index contributed by atoms with van der Waals surface area (Å²) in [6.07, 6.45) is 1.65. The van der Waals surface area contributed by atoms with Gasteiger partial charge >= 0.3 is 0 Å². The van der Waals surface area contributed by atoms with Gasteiger partial charge < -0.3 is 5.32 Å². The molecule has 0 saturated carbocycles. The van der Waals surface area contributed by atoms with E-state index in [1.807, 2.05) is 4.68 Å². The molecule has 0 aliphatic carbocycles. The predicted octanol–water partition coefficient (Wildman–Crippen LogP) is 0.264. The zero-order valence-corrected chi connectivity index (χ0v) is 9.48. The van der Waals surface area contributed by atoms with Crippen LogP contribution in [0.4, 0.5) is 0 Å². The molecular formula is C10H19N5. The molecule has 1 fully saturated rings. The molecular weight excluding hydrogens is 190 g/mol. The fourth-order valence-corrected chi connectivity index (χ4v) is 2.07. The Kier molecular flexibility index (Phi) is 3.33. The number of nitrogens with zero attached hydrogens (tertiary/aromatic N) is 4. The van der Waals surface area contributed by atoms with Crippen molar-refractivity contribution in [2.24, 2.45) is 0 Å². The molecule has 0 amide bonds. The molecule has 84 valence electrons. The molecule has 1 aromatic rings. The van der Waals surface area contributed by atoms with Crippen LogP contribution in [0.2, 0.25) is 0 Å². The molecule has 5 heteroatoms. The first-order chi connectivity index (χ1) is 7.33. The van der Waals surface area contributed by atoms with E-state index in [1.165, 1.54) is 0 Å². The molecule has 2 rings (SSSR count). The molecule has 0 aromatic carbocycles. The van der Waals surface area contributed by atoms with E-state index in [2.05, 4.69) is 34.1 Å². The van der Waals surface area contributed by atoms with E-state index >= 15 is 0 Å². The van der Waals surface area contributed by atoms with E-state index in [0.717, 1.165) is 38.5 Å². The summed E-state index contributed by atoms with van der Waals surface area (Å²) in [4.78, 5) is 6.80. The smallest absolute Gasteiger partial charge is 0.143 e. The van der Waals surface area contributed by atoms with Crippen LogP contribution in [-0.2, 0) is 6.54 Å². The number of aryl methyl sites for hydroxylation is 1. The monoisotopic (exact) mass is 209 g/mol. The average Bonchev–Trinajstić information content (AvgIpc) is 2.77. The summed E-state index contributed by atoms with van der Waals surface area (Å²) in [5, 5.41) is 7.57. The van der Waals surface area contributed by atoms with Crippen molar-refractivity contribution in [2.45, 2.75) is 26.4 Å². The Balaban J connectivity index is 2.08. The maximum atomic E-state index is 4.35. The highest BCUT2D eigenvalue weighted by atomic mass is 15.4. The first-order valence-electron chi connectivity index (χ1n) is 5.65. The Bertz CT molecular complexity index is 303. The van der Waals surface area contributed by atoms with Gasteiger partial charge in [0.2, 0.25) is 0 Å². The van der Waals surface area contributed by atoms with Crippen LogP contribution in [0.3, 0.4) is 0 Å². The van der Waals surface area contributed by atoms with Crippen molar-refractivity contribution in [1.82, 2.24) is 25.0 Å². The highest BCUT2D eigenvalue weighted by Crippen LogP contribution is 2.17. The van der Waals surface area contributed by atoms with Gasteiger partial charge in [-0.05, 0) is 13.8 Å². The van der Waals surface area contributed by atoms with Crippen molar-refractivity contribution in [2.75, 3.05) is 26.2 Å². The van der Waals surface area contributed by atoms with Crippen molar-refractivity contribution in [3.63, 3.8) is 0 Å². The predicted molar refractivity (Wildman–Crippen MR) is 58.6 cm³/mol. The molecule has 0 radical (unpaired) electrons. The van der Waals surface area contributed by atoms with Crippen molar-refractivity contribution in [3.8, 4) is 0 Å². The molecule has 1 atom stereocenters. The molecule has 1 N–H and O–H groups in total. The van der Waals surface area contributed by atoms with Crippen molar-refractivity contribution >= 4 is 0 Å². The second-order valence-corrected chi connectivity index (χ2v) is 3.90. The van der Waals surface area contributed by atoms with Crippen molar-refractivity contribution in [1.29, 1.82) is 0 Å². The van der Waals surface area contributed by atoms with Gasteiger partial charge in [-0.15, -0.1) is 0 Å². The number of hydrogen-bond donors (Lipinski definition) is 1. The van der Waals surface area contributed by atoms with Crippen LogP contribution in [-0.4, -0.2) is 45.8 Å². The van der Waals surface area contributed by atoms with Crippen LogP contribution < -0.4 is 5.32 Å². The molecule has 1 saturated heterocycles.